The van der Waals surface area contributed by atoms with Gasteiger partial charge in [0.25, 0.3) is 11.8 Å². The number of amides is 2. The first-order valence-electron chi connectivity index (χ1n) is 8.85. The molecule has 2 saturated carbocycles. The lowest BCUT2D eigenvalue weighted by Gasteiger charge is -2.21. The van der Waals surface area contributed by atoms with E-state index < -0.39 is 0 Å². The maximum atomic E-state index is 13.0. The first-order chi connectivity index (χ1) is 12.7. The van der Waals surface area contributed by atoms with Crippen molar-refractivity contribution in [2.24, 2.45) is 0 Å². The number of ether oxygens (including phenoxy) is 1. The van der Waals surface area contributed by atoms with Gasteiger partial charge in [0.1, 0.15) is 12.0 Å². The number of benzene rings is 1. The van der Waals surface area contributed by atoms with Gasteiger partial charge in [0.2, 0.25) is 5.89 Å². The van der Waals surface area contributed by atoms with E-state index in [2.05, 4.69) is 10.3 Å². The zero-order valence-electron chi connectivity index (χ0n) is 14.6. The highest BCUT2D eigenvalue weighted by atomic mass is 16.5. The molecule has 1 aromatic heterocycles. The first-order valence-corrected chi connectivity index (χ1v) is 8.85. The van der Waals surface area contributed by atoms with Crippen molar-refractivity contribution in [2.75, 3.05) is 7.11 Å². The first kappa shape index (κ1) is 16.6. The van der Waals surface area contributed by atoms with Crippen molar-refractivity contribution in [3.8, 4) is 5.75 Å². The fourth-order valence-electron chi connectivity index (χ4n) is 2.85. The van der Waals surface area contributed by atoms with Gasteiger partial charge in [-0.05, 0) is 37.8 Å². The van der Waals surface area contributed by atoms with Crippen LogP contribution in [0.4, 0.5) is 0 Å². The van der Waals surface area contributed by atoms with E-state index in [9.17, 15) is 9.59 Å². The molecule has 2 aliphatic rings. The van der Waals surface area contributed by atoms with Crippen molar-refractivity contribution in [1.82, 2.24) is 15.2 Å². The van der Waals surface area contributed by atoms with Crippen LogP contribution in [0.3, 0.4) is 0 Å². The Bertz CT molecular complexity index is 824. The second-order valence-corrected chi connectivity index (χ2v) is 6.74. The predicted octanol–water partition coefficient (Wildman–Crippen LogP) is 2.38. The number of aromatic nitrogens is 1. The van der Waals surface area contributed by atoms with E-state index in [4.69, 9.17) is 9.15 Å². The summed E-state index contributed by atoms with van der Waals surface area (Å²) >= 11 is 0. The van der Waals surface area contributed by atoms with Crippen molar-refractivity contribution < 1.29 is 18.7 Å². The minimum atomic E-state index is -0.225. The van der Waals surface area contributed by atoms with Crippen LogP contribution in [-0.4, -0.2) is 40.9 Å². The zero-order chi connectivity index (χ0) is 18.1. The molecule has 0 aliphatic heterocycles. The third-order valence-corrected chi connectivity index (χ3v) is 4.59. The number of carbonyl (C=O) groups excluding carboxylic acids is 2. The van der Waals surface area contributed by atoms with Crippen LogP contribution in [0, 0.1) is 0 Å². The molecule has 1 N–H and O–H groups in total. The predicted molar refractivity (Wildman–Crippen MR) is 92.9 cm³/mol. The number of hydrogen-bond acceptors (Lipinski definition) is 5. The molecule has 0 bridgehead atoms. The fourth-order valence-corrected chi connectivity index (χ4v) is 2.85. The van der Waals surface area contributed by atoms with Crippen LogP contribution < -0.4 is 10.1 Å². The van der Waals surface area contributed by atoms with Crippen LogP contribution in [-0.2, 0) is 6.54 Å². The van der Waals surface area contributed by atoms with Crippen LogP contribution in [0.15, 0.2) is 34.9 Å². The summed E-state index contributed by atoms with van der Waals surface area (Å²) in [5.41, 5.74) is 0.771. The lowest BCUT2D eigenvalue weighted by atomic mass is 10.1. The van der Waals surface area contributed by atoms with Gasteiger partial charge in [-0.25, -0.2) is 4.98 Å². The van der Waals surface area contributed by atoms with Crippen LogP contribution in [0.2, 0.25) is 0 Å². The molecule has 7 nitrogen and oxygen atoms in total. The van der Waals surface area contributed by atoms with Gasteiger partial charge in [0.05, 0.1) is 19.2 Å². The molecule has 0 radical (unpaired) electrons. The quantitative estimate of drug-likeness (QED) is 0.824. The summed E-state index contributed by atoms with van der Waals surface area (Å²) in [5.74, 6) is 0.560. The lowest BCUT2D eigenvalue weighted by molar-refractivity contribution is 0.0710. The summed E-state index contributed by atoms with van der Waals surface area (Å²) < 4.78 is 10.7. The second kappa shape index (κ2) is 6.82. The zero-order valence-corrected chi connectivity index (χ0v) is 14.6. The summed E-state index contributed by atoms with van der Waals surface area (Å²) in [6.07, 6.45) is 5.29. The lowest BCUT2D eigenvalue weighted by Crippen LogP contribution is -2.33. The highest BCUT2D eigenvalue weighted by molar-refractivity contribution is 5.97. The molecule has 0 unspecified atom stereocenters. The molecular formula is C19H21N3O4. The molecule has 4 rings (SSSR count). The number of nitrogens with zero attached hydrogens (tertiary/aromatic N) is 2. The Labute approximate surface area is 151 Å². The molecule has 0 spiro atoms. The normalized spacial score (nSPS) is 16.2. The monoisotopic (exact) mass is 355 g/mol. The molecule has 1 aromatic carbocycles. The average Bonchev–Trinajstić information content (AvgIpc) is 3.59. The Morgan fingerprint density at radius 3 is 2.73 bits per heavy atom. The van der Waals surface area contributed by atoms with Crippen molar-refractivity contribution in [2.45, 2.75) is 44.3 Å². The van der Waals surface area contributed by atoms with Crippen molar-refractivity contribution >= 4 is 11.8 Å². The van der Waals surface area contributed by atoms with Gasteiger partial charge >= 0.3 is 0 Å². The Morgan fingerprint density at radius 2 is 2.04 bits per heavy atom. The number of carbonyl (C=O) groups is 2. The highest BCUT2D eigenvalue weighted by Crippen LogP contribution is 2.31. The molecule has 1 heterocycles. The second-order valence-electron chi connectivity index (χ2n) is 6.74. The minimum Gasteiger partial charge on any atom is -0.496 e. The summed E-state index contributed by atoms with van der Waals surface area (Å²) in [5, 5.41) is 2.88. The number of methoxy groups -OCH3 is 1. The average molecular weight is 355 g/mol. The topological polar surface area (TPSA) is 84.7 Å². The van der Waals surface area contributed by atoms with Gasteiger partial charge in [-0.15, -0.1) is 0 Å². The van der Waals surface area contributed by atoms with Crippen molar-refractivity contribution in [3.63, 3.8) is 0 Å². The van der Waals surface area contributed by atoms with Gasteiger partial charge < -0.3 is 19.4 Å². The van der Waals surface area contributed by atoms with Crippen molar-refractivity contribution in [3.05, 3.63) is 47.7 Å². The molecule has 7 heteroatoms. The SMILES string of the molecule is COc1ccccc1C(=O)N(Cc1nc(C(=O)NC2CC2)co1)C1CC1. The van der Waals surface area contributed by atoms with Gasteiger partial charge in [-0.3, -0.25) is 9.59 Å². The molecule has 2 amide bonds. The summed E-state index contributed by atoms with van der Waals surface area (Å²) in [7, 11) is 1.55. The van der Waals surface area contributed by atoms with Crippen molar-refractivity contribution in [1.29, 1.82) is 0 Å². The van der Waals surface area contributed by atoms with E-state index in [1.165, 1.54) is 6.26 Å². The van der Waals surface area contributed by atoms with Crippen LogP contribution in [0.1, 0.15) is 52.4 Å². The highest BCUT2D eigenvalue weighted by Gasteiger charge is 2.35. The van der Waals surface area contributed by atoms with E-state index in [0.29, 0.717) is 17.2 Å². The maximum absolute atomic E-state index is 13.0. The van der Waals surface area contributed by atoms with Gasteiger partial charge in [0.15, 0.2) is 5.69 Å². The fraction of sp³-hybridized carbons (Fsp3) is 0.421. The van der Waals surface area contributed by atoms with Crippen LogP contribution in [0.25, 0.3) is 0 Å². The van der Waals surface area contributed by atoms with Crippen LogP contribution >= 0.6 is 0 Å². The van der Waals surface area contributed by atoms with E-state index in [0.717, 1.165) is 25.7 Å². The summed E-state index contributed by atoms with van der Waals surface area (Å²) in [6, 6.07) is 7.59. The third-order valence-electron chi connectivity index (χ3n) is 4.59. The van der Waals surface area contributed by atoms with Gasteiger partial charge in [-0.1, -0.05) is 12.1 Å². The van der Waals surface area contributed by atoms with E-state index in [1.54, 1.807) is 24.1 Å². The Kier molecular flexibility index (Phi) is 4.36. The molecule has 136 valence electrons. The molecule has 2 aliphatic carbocycles. The number of para-hydroxylation sites is 1. The number of rotatable bonds is 7. The summed E-state index contributed by atoms with van der Waals surface area (Å²) in [4.78, 5) is 31.0. The van der Waals surface area contributed by atoms with E-state index >= 15 is 0 Å². The molecule has 2 fully saturated rings. The minimum absolute atomic E-state index is 0.118. The Morgan fingerprint density at radius 1 is 1.27 bits per heavy atom. The molecule has 26 heavy (non-hydrogen) atoms. The largest absolute Gasteiger partial charge is 0.496 e. The summed E-state index contributed by atoms with van der Waals surface area (Å²) in [6.45, 7) is 0.234. The molecule has 0 atom stereocenters. The van der Waals surface area contributed by atoms with Gasteiger partial charge in [-0.2, -0.15) is 0 Å². The number of nitrogens with one attached hydrogen (secondary N) is 1. The van der Waals surface area contributed by atoms with Gasteiger partial charge in [0, 0.05) is 12.1 Å². The molecular weight excluding hydrogens is 334 g/mol. The number of oxazole rings is 1. The molecule has 2 aromatic rings. The number of hydrogen-bond donors (Lipinski definition) is 1. The molecule has 0 saturated heterocycles. The smallest absolute Gasteiger partial charge is 0.273 e. The third kappa shape index (κ3) is 3.56. The maximum Gasteiger partial charge on any atom is 0.273 e. The standard InChI is InChI=1S/C19H21N3O4/c1-25-16-5-3-2-4-14(16)19(24)22(13-8-9-13)10-17-21-15(11-26-17)18(23)20-12-6-7-12/h2-5,11-13H,6-10H2,1H3,(H,20,23). The Hall–Kier alpha value is -2.83. The van der Waals surface area contributed by atoms with Crippen LogP contribution in [0.5, 0.6) is 5.75 Å². The van der Waals surface area contributed by atoms with E-state index in [1.807, 2.05) is 12.1 Å². The van der Waals surface area contributed by atoms with E-state index in [-0.39, 0.29) is 36.1 Å². The Balaban J connectivity index is 1.50.